The first-order valence-electron chi connectivity index (χ1n) is 10.6. The van der Waals surface area contributed by atoms with Gasteiger partial charge in [-0.25, -0.2) is 9.97 Å². The molecule has 0 radical (unpaired) electrons. The number of carbonyl (C=O) groups is 1. The third-order valence-electron chi connectivity index (χ3n) is 5.69. The SMILES string of the molecule is CCc1cccc(C)c1NC(=O)c1nc(N2CCOCC2)c2oc3ccccc3c2n1. The van der Waals surface area contributed by atoms with Gasteiger partial charge in [-0.1, -0.05) is 37.3 Å². The summed E-state index contributed by atoms with van der Waals surface area (Å²) >= 11 is 0. The van der Waals surface area contributed by atoms with E-state index in [1.54, 1.807) is 0 Å². The molecule has 1 saturated heterocycles. The Morgan fingerprint density at radius 3 is 2.71 bits per heavy atom. The fourth-order valence-electron chi connectivity index (χ4n) is 4.04. The van der Waals surface area contributed by atoms with E-state index in [-0.39, 0.29) is 11.7 Å². The van der Waals surface area contributed by atoms with Gasteiger partial charge in [-0.05, 0) is 36.6 Å². The maximum absolute atomic E-state index is 13.3. The highest BCUT2D eigenvalue weighted by molar-refractivity contribution is 6.09. The molecule has 1 aliphatic rings. The molecule has 0 atom stereocenters. The molecule has 0 spiro atoms. The van der Waals surface area contributed by atoms with Gasteiger partial charge in [-0.3, -0.25) is 4.79 Å². The fourth-order valence-corrected chi connectivity index (χ4v) is 4.04. The number of ether oxygens (including phenoxy) is 1. The molecular formula is C24H24N4O3. The number of furan rings is 1. The number of aryl methyl sites for hydroxylation is 2. The summed E-state index contributed by atoms with van der Waals surface area (Å²) < 4.78 is 11.6. The minimum atomic E-state index is -0.328. The highest BCUT2D eigenvalue weighted by Crippen LogP contribution is 2.33. The van der Waals surface area contributed by atoms with Gasteiger partial charge >= 0.3 is 0 Å². The molecule has 2 aromatic carbocycles. The van der Waals surface area contributed by atoms with Crippen LogP contribution in [0.25, 0.3) is 22.1 Å². The number of aromatic nitrogens is 2. The number of anilines is 2. The molecule has 0 bridgehead atoms. The van der Waals surface area contributed by atoms with Gasteiger partial charge in [-0.15, -0.1) is 0 Å². The topological polar surface area (TPSA) is 80.5 Å². The quantitative estimate of drug-likeness (QED) is 0.533. The van der Waals surface area contributed by atoms with Crippen molar-refractivity contribution in [2.45, 2.75) is 20.3 Å². The lowest BCUT2D eigenvalue weighted by Crippen LogP contribution is -2.37. The summed E-state index contributed by atoms with van der Waals surface area (Å²) in [5.41, 5.74) is 4.89. The predicted molar refractivity (Wildman–Crippen MR) is 121 cm³/mol. The normalized spacial score (nSPS) is 14.3. The molecule has 1 amide bonds. The van der Waals surface area contributed by atoms with Crippen molar-refractivity contribution in [3.63, 3.8) is 0 Å². The number of benzene rings is 2. The van der Waals surface area contributed by atoms with E-state index in [2.05, 4.69) is 27.1 Å². The van der Waals surface area contributed by atoms with Crippen molar-refractivity contribution in [1.82, 2.24) is 9.97 Å². The Hall–Kier alpha value is -3.45. The lowest BCUT2D eigenvalue weighted by molar-refractivity contribution is 0.101. The van der Waals surface area contributed by atoms with E-state index in [1.807, 2.05) is 49.4 Å². The molecule has 2 aromatic heterocycles. The number of nitrogens with zero attached hydrogens (tertiary/aromatic N) is 3. The first-order valence-corrected chi connectivity index (χ1v) is 10.6. The van der Waals surface area contributed by atoms with Gasteiger partial charge < -0.3 is 19.4 Å². The first-order chi connectivity index (χ1) is 15.2. The molecule has 5 rings (SSSR count). The number of carbonyl (C=O) groups excluding carboxylic acids is 1. The summed E-state index contributed by atoms with van der Waals surface area (Å²) in [4.78, 5) is 24.6. The van der Waals surface area contributed by atoms with Crippen LogP contribution in [-0.2, 0) is 11.2 Å². The molecular weight excluding hydrogens is 392 g/mol. The molecule has 1 fully saturated rings. The van der Waals surface area contributed by atoms with Crippen LogP contribution in [0.5, 0.6) is 0 Å². The summed E-state index contributed by atoms with van der Waals surface area (Å²) in [6.45, 7) is 6.64. The Bertz CT molecular complexity index is 1270. The fraction of sp³-hybridized carbons (Fsp3) is 0.292. The number of hydrogen-bond donors (Lipinski definition) is 1. The smallest absolute Gasteiger partial charge is 0.293 e. The molecule has 1 N–H and O–H groups in total. The van der Waals surface area contributed by atoms with Crippen molar-refractivity contribution in [2.75, 3.05) is 36.5 Å². The molecule has 31 heavy (non-hydrogen) atoms. The molecule has 3 heterocycles. The van der Waals surface area contributed by atoms with E-state index in [1.165, 1.54) is 0 Å². The summed E-state index contributed by atoms with van der Waals surface area (Å²) in [6.07, 6.45) is 0.822. The molecule has 4 aromatic rings. The van der Waals surface area contributed by atoms with Crippen LogP contribution in [0.1, 0.15) is 28.7 Å². The Kier molecular flexibility index (Phi) is 5.03. The number of morpholine rings is 1. The van der Waals surface area contributed by atoms with Crippen LogP contribution >= 0.6 is 0 Å². The van der Waals surface area contributed by atoms with Crippen molar-refractivity contribution in [2.24, 2.45) is 0 Å². The third kappa shape index (κ3) is 3.51. The highest BCUT2D eigenvalue weighted by Gasteiger charge is 2.24. The van der Waals surface area contributed by atoms with E-state index in [0.29, 0.717) is 43.2 Å². The van der Waals surface area contributed by atoms with Crippen molar-refractivity contribution in [3.05, 3.63) is 59.4 Å². The Balaban J connectivity index is 1.63. The largest absolute Gasteiger partial charge is 0.450 e. The predicted octanol–water partition coefficient (Wildman–Crippen LogP) is 4.34. The zero-order valence-electron chi connectivity index (χ0n) is 17.6. The van der Waals surface area contributed by atoms with Crippen LogP contribution in [0.4, 0.5) is 11.5 Å². The zero-order valence-corrected chi connectivity index (χ0v) is 17.6. The van der Waals surface area contributed by atoms with Crippen molar-refractivity contribution in [3.8, 4) is 0 Å². The van der Waals surface area contributed by atoms with Gasteiger partial charge in [0.1, 0.15) is 11.1 Å². The molecule has 0 saturated carbocycles. The Labute approximate surface area is 180 Å². The number of amides is 1. The van der Waals surface area contributed by atoms with Crippen molar-refractivity contribution >= 4 is 39.5 Å². The molecule has 1 aliphatic heterocycles. The minimum Gasteiger partial charge on any atom is -0.450 e. The molecule has 0 unspecified atom stereocenters. The number of rotatable bonds is 4. The second-order valence-electron chi connectivity index (χ2n) is 7.66. The van der Waals surface area contributed by atoms with E-state index in [4.69, 9.17) is 9.15 Å². The molecule has 0 aliphatic carbocycles. The Morgan fingerprint density at radius 1 is 1.10 bits per heavy atom. The second-order valence-corrected chi connectivity index (χ2v) is 7.66. The number of nitrogens with one attached hydrogen (secondary N) is 1. The molecule has 158 valence electrons. The van der Waals surface area contributed by atoms with Gasteiger partial charge in [-0.2, -0.15) is 0 Å². The van der Waals surface area contributed by atoms with Gasteiger partial charge in [0.2, 0.25) is 5.82 Å². The minimum absolute atomic E-state index is 0.130. The van der Waals surface area contributed by atoms with E-state index < -0.39 is 0 Å². The number of hydrogen-bond acceptors (Lipinski definition) is 6. The number of para-hydroxylation sites is 2. The number of fused-ring (bicyclic) bond motifs is 3. The average molecular weight is 416 g/mol. The monoisotopic (exact) mass is 416 g/mol. The van der Waals surface area contributed by atoms with Crippen LogP contribution < -0.4 is 10.2 Å². The summed E-state index contributed by atoms with van der Waals surface area (Å²) in [5, 5.41) is 3.91. The highest BCUT2D eigenvalue weighted by atomic mass is 16.5. The van der Waals surface area contributed by atoms with Crippen LogP contribution in [-0.4, -0.2) is 42.2 Å². The maximum atomic E-state index is 13.3. The molecule has 7 nitrogen and oxygen atoms in total. The van der Waals surface area contributed by atoms with Gasteiger partial charge in [0.15, 0.2) is 11.4 Å². The lowest BCUT2D eigenvalue weighted by Gasteiger charge is -2.27. The second kappa shape index (κ2) is 8.00. The van der Waals surface area contributed by atoms with Gasteiger partial charge in [0.05, 0.1) is 13.2 Å². The third-order valence-corrected chi connectivity index (χ3v) is 5.69. The van der Waals surface area contributed by atoms with Crippen LogP contribution in [0.3, 0.4) is 0 Å². The van der Waals surface area contributed by atoms with E-state index in [9.17, 15) is 4.79 Å². The summed E-state index contributed by atoms with van der Waals surface area (Å²) in [5.74, 6) is 0.437. The van der Waals surface area contributed by atoms with Gasteiger partial charge in [0, 0.05) is 24.2 Å². The van der Waals surface area contributed by atoms with E-state index in [0.717, 1.165) is 34.2 Å². The van der Waals surface area contributed by atoms with Crippen molar-refractivity contribution in [1.29, 1.82) is 0 Å². The summed E-state index contributed by atoms with van der Waals surface area (Å²) in [7, 11) is 0. The maximum Gasteiger partial charge on any atom is 0.293 e. The summed E-state index contributed by atoms with van der Waals surface area (Å²) in [6, 6.07) is 13.7. The van der Waals surface area contributed by atoms with Crippen LogP contribution in [0.15, 0.2) is 46.9 Å². The lowest BCUT2D eigenvalue weighted by atomic mass is 10.1. The average Bonchev–Trinajstić information content (AvgIpc) is 3.19. The zero-order chi connectivity index (χ0) is 21.4. The van der Waals surface area contributed by atoms with Crippen LogP contribution in [0, 0.1) is 6.92 Å². The first kappa shape index (κ1) is 19.5. The van der Waals surface area contributed by atoms with Gasteiger partial charge in [0.25, 0.3) is 5.91 Å². The Morgan fingerprint density at radius 2 is 1.90 bits per heavy atom. The van der Waals surface area contributed by atoms with Crippen LogP contribution in [0.2, 0.25) is 0 Å². The van der Waals surface area contributed by atoms with Crippen molar-refractivity contribution < 1.29 is 13.9 Å². The van der Waals surface area contributed by atoms with E-state index >= 15 is 0 Å². The standard InChI is InChI=1S/C24H24N4O3/c1-3-16-8-6-7-15(2)19(16)26-24(29)22-25-20-17-9-4-5-10-18(17)31-21(20)23(27-22)28-11-13-30-14-12-28/h4-10H,3,11-14H2,1-2H3,(H,26,29). The molecule has 7 heteroatoms.